The summed E-state index contributed by atoms with van der Waals surface area (Å²) in [7, 11) is 0. The Balaban J connectivity index is 1.62. The van der Waals surface area contributed by atoms with E-state index in [0.29, 0.717) is 19.6 Å². The molecule has 0 radical (unpaired) electrons. The van der Waals surface area contributed by atoms with Crippen molar-refractivity contribution in [1.29, 1.82) is 0 Å². The van der Waals surface area contributed by atoms with Crippen molar-refractivity contribution in [2.45, 2.75) is 38.7 Å². The Morgan fingerprint density at radius 3 is 2.65 bits per heavy atom. The van der Waals surface area contributed by atoms with E-state index in [1.165, 1.54) is 0 Å². The molecule has 1 atom stereocenters. The molecule has 1 saturated carbocycles. The zero-order chi connectivity index (χ0) is 14.2. The molecule has 2 aliphatic rings. The number of hydrogen-bond donors (Lipinski definition) is 3. The summed E-state index contributed by atoms with van der Waals surface area (Å²) in [6.07, 6.45) is 4.59. The molecule has 1 heterocycles. The minimum absolute atomic E-state index is 0.188. The van der Waals surface area contributed by atoms with E-state index in [-0.39, 0.29) is 17.9 Å². The Morgan fingerprint density at radius 1 is 1.20 bits per heavy atom. The lowest BCUT2D eigenvalue weighted by atomic mass is 10.2. The van der Waals surface area contributed by atoms with Crippen LogP contribution >= 0.6 is 0 Å². The van der Waals surface area contributed by atoms with E-state index in [9.17, 15) is 4.79 Å². The summed E-state index contributed by atoms with van der Waals surface area (Å²) < 4.78 is 5.55. The van der Waals surface area contributed by atoms with Crippen molar-refractivity contribution in [3.63, 3.8) is 0 Å². The van der Waals surface area contributed by atoms with Crippen LogP contribution in [0.4, 0.5) is 0 Å². The number of aliphatic imine (C=N–C) groups is 1. The summed E-state index contributed by atoms with van der Waals surface area (Å²) in [5.41, 5.74) is 0. The highest BCUT2D eigenvalue weighted by atomic mass is 16.5. The molecule has 0 bridgehead atoms. The second kappa shape index (κ2) is 8.09. The number of guanidine groups is 1. The van der Waals surface area contributed by atoms with Gasteiger partial charge in [0.2, 0.25) is 5.91 Å². The number of carbonyl (C=O) groups excluding carboxylic acids is 1. The Labute approximate surface area is 120 Å². The molecule has 3 N–H and O–H groups in total. The Morgan fingerprint density at radius 2 is 2.00 bits per heavy atom. The van der Waals surface area contributed by atoms with Gasteiger partial charge in [-0.15, -0.1) is 0 Å². The van der Waals surface area contributed by atoms with Crippen molar-refractivity contribution in [3.8, 4) is 0 Å². The van der Waals surface area contributed by atoms with Crippen LogP contribution in [0.3, 0.4) is 0 Å². The molecular formula is C14H26N4O2. The van der Waals surface area contributed by atoms with E-state index in [0.717, 1.165) is 44.8 Å². The fourth-order valence-corrected chi connectivity index (χ4v) is 2.18. The Bertz CT molecular complexity index is 336. The van der Waals surface area contributed by atoms with Gasteiger partial charge in [-0.1, -0.05) is 0 Å². The fourth-order valence-electron chi connectivity index (χ4n) is 2.18. The van der Waals surface area contributed by atoms with E-state index >= 15 is 0 Å². The molecule has 2 fully saturated rings. The van der Waals surface area contributed by atoms with E-state index in [2.05, 4.69) is 20.9 Å². The zero-order valence-electron chi connectivity index (χ0n) is 12.3. The van der Waals surface area contributed by atoms with Crippen molar-refractivity contribution in [1.82, 2.24) is 16.0 Å². The van der Waals surface area contributed by atoms with Gasteiger partial charge >= 0.3 is 0 Å². The first kappa shape index (κ1) is 15.1. The van der Waals surface area contributed by atoms with Gasteiger partial charge in [-0.05, 0) is 32.6 Å². The van der Waals surface area contributed by atoms with Crippen LogP contribution in [0, 0.1) is 5.92 Å². The molecule has 114 valence electrons. The van der Waals surface area contributed by atoms with Gasteiger partial charge in [0.25, 0.3) is 0 Å². The van der Waals surface area contributed by atoms with E-state index in [4.69, 9.17) is 4.74 Å². The summed E-state index contributed by atoms with van der Waals surface area (Å²) in [6.45, 7) is 5.75. The highest BCUT2D eigenvalue weighted by Crippen LogP contribution is 2.28. The van der Waals surface area contributed by atoms with Crippen LogP contribution < -0.4 is 16.0 Å². The third kappa shape index (κ3) is 5.36. The van der Waals surface area contributed by atoms with E-state index in [1.807, 2.05) is 6.92 Å². The molecule has 1 aliphatic carbocycles. The second-order valence-electron chi connectivity index (χ2n) is 5.35. The van der Waals surface area contributed by atoms with Crippen molar-refractivity contribution < 1.29 is 9.53 Å². The highest BCUT2D eigenvalue weighted by Gasteiger charge is 2.28. The molecule has 1 amide bonds. The molecule has 2 rings (SSSR count). The average Bonchev–Trinajstić information content (AvgIpc) is 3.17. The minimum Gasteiger partial charge on any atom is -0.376 e. The Hall–Kier alpha value is -1.30. The lowest BCUT2D eigenvalue weighted by Gasteiger charge is -2.13. The fraction of sp³-hybridized carbons (Fsp3) is 0.857. The number of nitrogens with one attached hydrogen (secondary N) is 3. The lowest BCUT2D eigenvalue weighted by molar-refractivity contribution is -0.122. The number of amides is 1. The number of ether oxygens (including phenoxy) is 1. The van der Waals surface area contributed by atoms with Gasteiger partial charge in [0.15, 0.2) is 5.96 Å². The van der Waals surface area contributed by atoms with Crippen LogP contribution in [0.5, 0.6) is 0 Å². The maximum Gasteiger partial charge on any atom is 0.223 e. The van der Waals surface area contributed by atoms with Gasteiger partial charge in [0, 0.05) is 32.2 Å². The molecule has 0 spiro atoms. The van der Waals surface area contributed by atoms with Gasteiger partial charge in [0.05, 0.1) is 12.6 Å². The third-order valence-electron chi connectivity index (χ3n) is 3.49. The van der Waals surface area contributed by atoms with Crippen LogP contribution in [-0.2, 0) is 9.53 Å². The predicted octanol–water partition coefficient (Wildman–Crippen LogP) is 0.247. The molecule has 1 saturated heterocycles. The molecule has 20 heavy (non-hydrogen) atoms. The largest absolute Gasteiger partial charge is 0.376 e. The Kier molecular flexibility index (Phi) is 6.11. The third-order valence-corrected chi connectivity index (χ3v) is 3.49. The van der Waals surface area contributed by atoms with Gasteiger partial charge in [-0.2, -0.15) is 0 Å². The van der Waals surface area contributed by atoms with Gasteiger partial charge in [0.1, 0.15) is 0 Å². The number of hydrogen-bond acceptors (Lipinski definition) is 3. The molecule has 0 aromatic heterocycles. The molecular weight excluding hydrogens is 256 g/mol. The zero-order valence-corrected chi connectivity index (χ0v) is 12.3. The van der Waals surface area contributed by atoms with E-state index < -0.39 is 0 Å². The summed E-state index contributed by atoms with van der Waals surface area (Å²) in [6, 6.07) is 0. The van der Waals surface area contributed by atoms with Crippen LogP contribution in [0.25, 0.3) is 0 Å². The molecule has 1 unspecified atom stereocenters. The van der Waals surface area contributed by atoms with Crippen molar-refractivity contribution in [2.24, 2.45) is 10.9 Å². The summed E-state index contributed by atoms with van der Waals surface area (Å²) >= 11 is 0. The van der Waals surface area contributed by atoms with Gasteiger partial charge < -0.3 is 20.7 Å². The number of carbonyl (C=O) groups is 1. The highest BCUT2D eigenvalue weighted by molar-refractivity contribution is 5.81. The van der Waals surface area contributed by atoms with Crippen molar-refractivity contribution in [3.05, 3.63) is 0 Å². The van der Waals surface area contributed by atoms with Crippen molar-refractivity contribution >= 4 is 11.9 Å². The molecule has 0 aromatic rings. The first-order chi connectivity index (χ1) is 9.79. The summed E-state index contributed by atoms with van der Waals surface area (Å²) in [5, 5.41) is 9.36. The first-order valence-corrected chi connectivity index (χ1v) is 7.71. The van der Waals surface area contributed by atoms with Crippen LogP contribution in [-0.4, -0.2) is 50.8 Å². The topological polar surface area (TPSA) is 74.8 Å². The quantitative estimate of drug-likeness (QED) is 0.355. The van der Waals surface area contributed by atoms with Crippen LogP contribution in [0.15, 0.2) is 4.99 Å². The molecule has 0 aromatic carbocycles. The maximum absolute atomic E-state index is 11.5. The number of rotatable bonds is 7. The lowest BCUT2D eigenvalue weighted by Crippen LogP contribution is -2.42. The summed E-state index contributed by atoms with van der Waals surface area (Å²) in [5.74, 6) is 1.26. The van der Waals surface area contributed by atoms with Gasteiger partial charge in [-0.25, -0.2) is 0 Å². The average molecular weight is 282 g/mol. The second-order valence-corrected chi connectivity index (χ2v) is 5.35. The molecule has 6 heteroatoms. The first-order valence-electron chi connectivity index (χ1n) is 7.71. The normalized spacial score (nSPS) is 22.6. The number of nitrogens with zero attached hydrogens (tertiary/aromatic N) is 1. The van der Waals surface area contributed by atoms with Crippen molar-refractivity contribution in [2.75, 3.05) is 32.8 Å². The van der Waals surface area contributed by atoms with Gasteiger partial charge in [-0.3, -0.25) is 9.79 Å². The maximum atomic E-state index is 11.5. The molecule has 1 aliphatic heterocycles. The van der Waals surface area contributed by atoms with E-state index in [1.54, 1.807) is 0 Å². The summed E-state index contributed by atoms with van der Waals surface area (Å²) in [4.78, 5) is 16.0. The standard InChI is InChI=1S/C14H26N4O2/c1-2-15-14(18-10-12-4-3-9-20-12)17-8-7-16-13(19)11-5-6-11/h11-12H,2-10H2,1H3,(H,16,19)(H2,15,17,18). The smallest absolute Gasteiger partial charge is 0.223 e. The SMILES string of the molecule is CCNC(=NCC1CCCO1)NCCNC(=O)C1CC1. The monoisotopic (exact) mass is 282 g/mol. The van der Waals surface area contributed by atoms with Crippen LogP contribution in [0.1, 0.15) is 32.6 Å². The predicted molar refractivity (Wildman–Crippen MR) is 78.7 cm³/mol. The minimum atomic E-state index is 0.188. The molecule has 6 nitrogen and oxygen atoms in total. The van der Waals surface area contributed by atoms with Crippen LogP contribution in [0.2, 0.25) is 0 Å².